The molecule has 1 unspecified atom stereocenters. The summed E-state index contributed by atoms with van der Waals surface area (Å²) < 4.78 is 0. The summed E-state index contributed by atoms with van der Waals surface area (Å²) in [6, 6.07) is 0. The van der Waals surface area contributed by atoms with Gasteiger partial charge in [0.1, 0.15) is 0 Å². The van der Waals surface area contributed by atoms with Gasteiger partial charge in [-0.25, -0.2) is 0 Å². The summed E-state index contributed by atoms with van der Waals surface area (Å²) in [7, 11) is 0. The van der Waals surface area contributed by atoms with Crippen molar-refractivity contribution in [2.24, 2.45) is 5.92 Å². The number of hydrogen-bond donors (Lipinski definition) is 0. The first kappa shape index (κ1) is 28.5. The molecule has 0 heterocycles. The molecular weight excluding hydrogens is 312 g/mol. The third-order valence-electron chi connectivity index (χ3n) is 3.14. The quantitative estimate of drug-likeness (QED) is 0.364. The molecular formula is C26H40. The standard InChI is InChI=1S/C22H28.2C2H6/c1-7-13-17-20(12-6)22(19(11-5)15-9-3)21(16-10-4)18-14-8-2;2*1-2/h7-18,22H,1,3,5H2,2,4,6H3;2*1-2H3/b14-8-,16-10-,17-13-,19-15+,20-12+,21-18+;;. The molecule has 0 radical (unpaired) electrons. The van der Waals surface area contributed by atoms with Gasteiger partial charge in [0.15, 0.2) is 0 Å². The van der Waals surface area contributed by atoms with Crippen LogP contribution in [0.25, 0.3) is 0 Å². The first-order valence-corrected chi connectivity index (χ1v) is 9.55. The zero-order valence-corrected chi connectivity index (χ0v) is 18.1. The summed E-state index contributed by atoms with van der Waals surface area (Å²) in [6.45, 7) is 25.6. The number of allylic oxidation sites excluding steroid dienone is 15. The number of rotatable bonds is 9. The van der Waals surface area contributed by atoms with Gasteiger partial charge < -0.3 is 0 Å². The van der Waals surface area contributed by atoms with Crippen LogP contribution in [0.5, 0.6) is 0 Å². The predicted octanol–water partition coefficient (Wildman–Crippen LogP) is 8.72. The van der Waals surface area contributed by atoms with Crippen LogP contribution >= 0.6 is 0 Å². The molecule has 0 heteroatoms. The third kappa shape index (κ3) is 12.1. The summed E-state index contributed by atoms with van der Waals surface area (Å²) in [4.78, 5) is 0. The summed E-state index contributed by atoms with van der Waals surface area (Å²) in [5, 5.41) is 0. The highest BCUT2D eigenvalue weighted by Gasteiger charge is 2.17. The first-order valence-electron chi connectivity index (χ1n) is 9.55. The minimum Gasteiger partial charge on any atom is -0.0991 e. The van der Waals surface area contributed by atoms with Gasteiger partial charge in [0.25, 0.3) is 0 Å². The summed E-state index contributed by atoms with van der Waals surface area (Å²) >= 11 is 0. The van der Waals surface area contributed by atoms with Gasteiger partial charge in [-0.1, -0.05) is 120 Å². The van der Waals surface area contributed by atoms with E-state index in [2.05, 4.69) is 56.2 Å². The van der Waals surface area contributed by atoms with E-state index in [1.807, 2.05) is 72.8 Å². The van der Waals surface area contributed by atoms with Crippen molar-refractivity contribution in [3.8, 4) is 0 Å². The lowest BCUT2D eigenvalue weighted by Gasteiger charge is -2.21. The highest BCUT2D eigenvalue weighted by Crippen LogP contribution is 2.31. The number of hydrogen-bond acceptors (Lipinski definition) is 0. The predicted molar refractivity (Wildman–Crippen MR) is 125 cm³/mol. The normalized spacial score (nSPS) is 13.7. The van der Waals surface area contributed by atoms with E-state index in [0.717, 1.165) is 5.57 Å². The topological polar surface area (TPSA) is 0 Å². The van der Waals surface area contributed by atoms with Crippen molar-refractivity contribution in [1.82, 2.24) is 0 Å². The smallest absolute Gasteiger partial charge is 0.0336 e. The van der Waals surface area contributed by atoms with Crippen LogP contribution in [-0.2, 0) is 0 Å². The molecule has 0 saturated heterocycles. The van der Waals surface area contributed by atoms with Gasteiger partial charge >= 0.3 is 0 Å². The first-order chi connectivity index (χ1) is 12.7. The Labute approximate surface area is 164 Å². The monoisotopic (exact) mass is 352 g/mol. The molecule has 0 aliphatic heterocycles. The highest BCUT2D eigenvalue weighted by atomic mass is 14.2. The molecule has 1 atom stereocenters. The van der Waals surface area contributed by atoms with Gasteiger partial charge in [-0.15, -0.1) is 0 Å². The Morgan fingerprint density at radius 3 is 1.65 bits per heavy atom. The van der Waals surface area contributed by atoms with E-state index >= 15 is 0 Å². The molecule has 0 nitrogen and oxygen atoms in total. The molecule has 0 bridgehead atoms. The van der Waals surface area contributed by atoms with Crippen LogP contribution < -0.4 is 0 Å². The second kappa shape index (κ2) is 22.7. The molecule has 0 aliphatic rings. The van der Waals surface area contributed by atoms with Crippen molar-refractivity contribution in [3.63, 3.8) is 0 Å². The molecule has 0 saturated carbocycles. The van der Waals surface area contributed by atoms with Gasteiger partial charge in [0.2, 0.25) is 0 Å². The van der Waals surface area contributed by atoms with Crippen LogP contribution in [0.1, 0.15) is 48.5 Å². The summed E-state index contributed by atoms with van der Waals surface area (Å²) in [6.07, 6.45) is 24.1. The Morgan fingerprint density at radius 1 is 0.654 bits per heavy atom. The molecule has 0 amide bonds. The summed E-state index contributed by atoms with van der Waals surface area (Å²) in [5.74, 6) is 0.115. The van der Waals surface area contributed by atoms with Crippen molar-refractivity contribution in [2.75, 3.05) is 0 Å². The van der Waals surface area contributed by atoms with E-state index in [9.17, 15) is 0 Å². The van der Waals surface area contributed by atoms with E-state index in [0.29, 0.717) is 0 Å². The Morgan fingerprint density at radius 2 is 1.27 bits per heavy atom. The maximum atomic E-state index is 3.96. The van der Waals surface area contributed by atoms with Crippen LogP contribution in [0.15, 0.2) is 109 Å². The molecule has 0 aromatic heterocycles. The second-order valence-corrected chi connectivity index (χ2v) is 4.62. The van der Waals surface area contributed by atoms with Crippen molar-refractivity contribution in [1.29, 1.82) is 0 Å². The van der Waals surface area contributed by atoms with Gasteiger partial charge in [0, 0.05) is 5.92 Å². The molecule has 0 aromatic carbocycles. The van der Waals surface area contributed by atoms with Crippen LogP contribution in [0.3, 0.4) is 0 Å². The van der Waals surface area contributed by atoms with Crippen LogP contribution in [0, 0.1) is 5.92 Å². The largest absolute Gasteiger partial charge is 0.0991 e. The molecule has 0 spiro atoms. The fourth-order valence-electron chi connectivity index (χ4n) is 2.18. The zero-order valence-electron chi connectivity index (χ0n) is 18.1. The summed E-state index contributed by atoms with van der Waals surface area (Å²) in [5.41, 5.74) is 3.52. The molecule has 0 fully saturated rings. The van der Waals surface area contributed by atoms with Crippen LogP contribution in [-0.4, -0.2) is 0 Å². The Hall–Kier alpha value is -2.34. The lowest BCUT2D eigenvalue weighted by atomic mass is 9.82. The molecule has 0 aromatic rings. The Balaban J connectivity index is -0.00000123. The fourth-order valence-corrected chi connectivity index (χ4v) is 2.18. The van der Waals surface area contributed by atoms with Crippen molar-refractivity contribution in [2.45, 2.75) is 48.5 Å². The fraction of sp³-hybridized carbons (Fsp3) is 0.308. The minimum absolute atomic E-state index is 0.115. The van der Waals surface area contributed by atoms with E-state index in [-0.39, 0.29) is 5.92 Å². The van der Waals surface area contributed by atoms with Crippen LogP contribution in [0.4, 0.5) is 0 Å². The van der Waals surface area contributed by atoms with Crippen molar-refractivity contribution in [3.05, 3.63) is 109 Å². The SMILES string of the molecule is C=C/C=C\C(=C/C)C(/C(C=C)=C/C=C)C(/C=C\C)=C/C=C\C.CC.CC. The Bertz CT molecular complexity index is 543. The molecule has 144 valence electrons. The average molecular weight is 353 g/mol. The third-order valence-corrected chi connectivity index (χ3v) is 3.14. The molecule has 26 heavy (non-hydrogen) atoms. The second-order valence-electron chi connectivity index (χ2n) is 4.62. The van der Waals surface area contributed by atoms with E-state index in [1.54, 1.807) is 12.2 Å². The van der Waals surface area contributed by atoms with Gasteiger partial charge in [0.05, 0.1) is 0 Å². The van der Waals surface area contributed by atoms with E-state index < -0.39 is 0 Å². The minimum atomic E-state index is 0.115. The van der Waals surface area contributed by atoms with Gasteiger partial charge in [-0.05, 0) is 37.5 Å². The maximum absolute atomic E-state index is 3.96. The van der Waals surface area contributed by atoms with Gasteiger partial charge in [-0.2, -0.15) is 0 Å². The van der Waals surface area contributed by atoms with Crippen molar-refractivity contribution < 1.29 is 0 Å². The zero-order chi connectivity index (χ0) is 20.8. The lowest BCUT2D eigenvalue weighted by Crippen LogP contribution is -2.08. The molecule has 0 rings (SSSR count). The van der Waals surface area contributed by atoms with Crippen LogP contribution in [0.2, 0.25) is 0 Å². The molecule has 0 aliphatic carbocycles. The molecule has 0 N–H and O–H groups in total. The maximum Gasteiger partial charge on any atom is 0.0336 e. The van der Waals surface area contributed by atoms with E-state index in [4.69, 9.17) is 0 Å². The van der Waals surface area contributed by atoms with Gasteiger partial charge in [-0.3, -0.25) is 0 Å². The Kier molecular flexibility index (Phi) is 24.8. The average Bonchev–Trinajstić information content (AvgIpc) is 2.70. The van der Waals surface area contributed by atoms with Crippen molar-refractivity contribution >= 4 is 0 Å². The van der Waals surface area contributed by atoms with E-state index in [1.165, 1.54) is 11.1 Å². The highest BCUT2D eigenvalue weighted by molar-refractivity contribution is 5.47. The lowest BCUT2D eigenvalue weighted by molar-refractivity contribution is 0.902.